The normalized spacial score (nSPS) is 16.7. The molecule has 1 aliphatic rings. The summed E-state index contributed by atoms with van der Waals surface area (Å²) < 4.78 is 1.61. The zero-order valence-electron chi connectivity index (χ0n) is 12.6. The molecule has 0 unspecified atom stereocenters. The third-order valence-corrected chi connectivity index (χ3v) is 4.72. The number of nitrogens with zero attached hydrogens (tertiary/aromatic N) is 5. The van der Waals surface area contributed by atoms with E-state index in [2.05, 4.69) is 28.1 Å². The highest BCUT2D eigenvalue weighted by Gasteiger charge is 2.30. The molecule has 0 saturated heterocycles. The molecule has 7 heteroatoms. The zero-order chi connectivity index (χ0) is 15.8. The number of para-hydroxylation sites is 1. The summed E-state index contributed by atoms with van der Waals surface area (Å²) in [6, 6.07) is 10.1. The molecular formula is C16H15N5OS. The average Bonchev–Trinajstić information content (AvgIpc) is 3.12. The summed E-state index contributed by atoms with van der Waals surface area (Å²) in [6.07, 6.45) is 4.37. The van der Waals surface area contributed by atoms with Crippen LogP contribution in [-0.4, -0.2) is 37.3 Å². The Balaban J connectivity index is 1.50. The van der Waals surface area contributed by atoms with E-state index in [0.717, 1.165) is 12.1 Å². The van der Waals surface area contributed by atoms with E-state index in [1.54, 1.807) is 23.0 Å². The average molecular weight is 325 g/mol. The van der Waals surface area contributed by atoms with E-state index in [4.69, 9.17) is 0 Å². The van der Waals surface area contributed by atoms with E-state index in [-0.39, 0.29) is 11.9 Å². The van der Waals surface area contributed by atoms with E-state index in [0.29, 0.717) is 16.7 Å². The van der Waals surface area contributed by atoms with Crippen molar-refractivity contribution in [2.75, 3.05) is 10.7 Å². The lowest BCUT2D eigenvalue weighted by atomic mass is 10.1. The molecule has 4 rings (SSSR count). The minimum Gasteiger partial charge on any atom is -0.308 e. The van der Waals surface area contributed by atoms with Crippen molar-refractivity contribution in [2.45, 2.75) is 24.5 Å². The fraction of sp³-hybridized carbons (Fsp3) is 0.250. The predicted octanol–water partition coefficient (Wildman–Crippen LogP) is 2.19. The minimum atomic E-state index is 0.0827. The van der Waals surface area contributed by atoms with Crippen molar-refractivity contribution >= 4 is 29.1 Å². The molecule has 116 valence electrons. The van der Waals surface area contributed by atoms with E-state index in [1.165, 1.54) is 17.3 Å². The number of hydrogen-bond donors (Lipinski definition) is 0. The Morgan fingerprint density at radius 3 is 3.09 bits per heavy atom. The fourth-order valence-corrected chi connectivity index (χ4v) is 3.60. The number of benzene rings is 1. The van der Waals surface area contributed by atoms with Gasteiger partial charge >= 0.3 is 0 Å². The van der Waals surface area contributed by atoms with Gasteiger partial charge in [-0.15, -0.1) is 5.10 Å². The highest BCUT2D eigenvalue weighted by Crippen LogP contribution is 2.32. The van der Waals surface area contributed by atoms with Gasteiger partial charge in [-0.1, -0.05) is 30.0 Å². The quantitative estimate of drug-likeness (QED) is 0.691. The standard InChI is InChI=1S/C16H15N5OS/c1-11-9-12-5-2-3-6-13(12)21(11)14(22)10-23-16-18-15-17-7-4-8-20(15)19-16/h2-8,11H,9-10H2,1H3/t11-/m0/s1. The SMILES string of the molecule is C[C@H]1Cc2ccccc2N1C(=O)CSc1nc2ncccn2n1. The highest BCUT2D eigenvalue weighted by atomic mass is 32.2. The molecule has 0 saturated carbocycles. The van der Waals surface area contributed by atoms with E-state index in [9.17, 15) is 4.79 Å². The second-order valence-electron chi connectivity index (χ2n) is 5.49. The van der Waals surface area contributed by atoms with Gasteiger partial charge in [-0.05, 0) is 31.0 Å². The van der Waals surface area contributed by atoms with Gasteiger partial charge < -0.3 is 4.90 Å². The number of fused-ring (bicyclic) bond motifs is 2. The molecule has 6 nitrogen and oxygen atoms in total. The second-order valence-corrected chi connectivity index (χ2v) is 6.44. The van der Waals surface area contributed by atoms with Gasteiger partial charge in [0.15, 0.2) is 0 Å². The molecule has 0 bridgehead atoms. The maximum atomic E-state index is 12.6. The molecule has 0 fully saturated rings. The Hall–Kier alpha value is -2.41. The summed E-state index contributed by atoms with van der Waals surface area (Å²) in [5, 5.41) is 4.88. The number of aromatic nitrogens is 4. The van der Waals surface area contributed by atoms with Crippen molar-refractivity contribution in [2.24, 2.45) is 0 Å². The van der Waals surface area contributed by atoms with E-state index in [1.807, 2.05) is 23.1 Å². The highest BCUT2D eigenvalue weighted by molar-refractivity contribution is 7.99. The largest absolute Gasteiger partial charge is 0.308 e. The van der Waals surface area contributed by atoms with Crippen molar-refractivity contribution in [1.29, 1.82) is 0 Å². The van der Waals surface area contributed by atoms with Crippen LogP contribution in [0.1, 0.15) is 12.5 Å². The van der Waals surface area contributed by atoms with Crippen LogP contribution in [-0.2, 0) is 11.2 Å². The lowest BCUT2D eigenvalue weighted by Crippen LogP contribution is -2.37. The summed E-state index contributed by atoms with van der Waals surface area (Å²) in [5.41, 5.74) is 2.25. The third kappa shape index (κ3) is 2.57. The molecule has 0 radical (unpaired) electrons. The van der Waals surface area contributed by atoms with Crippen LogP contribution in [0.15, 0.2) is 47.9 Å². The monoisotopic (exact) mass is 325 g/mol. The molecule has 1 amide bonds. The minimum absolute atomic E-state index is 0.0827. The summed E-state index contributed by atoms with van der Waals surface area (Å²) in [7, 11) is 0. The van der Waals surface area contributed by atoms with Crippen molar-refractivity contribution in [3.8, 4) is 0 Å². The number of anilines is 1. The van der Waals surface area contributed by atoms with E-state index < -0.39 is 0 Å². The first-order valence-electron chi connectivity index (χ1n) is 7.42. The maximum Gasteiger partial charge on any atom is 0.253 e. The Bertz CT molecular complexity index is 845. The molecule has 3 aromatic rings. The first kappa shape index (κ1) is 14.2. The Kier molecular flexibility index (Phi) is 3.49. The first-order valence-corrected chi connectivity index (χ1v) is 8.41. The van der Waals surface area contributed by atoms with Crippen LogP contribution in [0, 0.1) is 0 Å². The van der Waals surface area contributed by atoms with Crippen molar-refractivity contribution < 1.29 is 4.79 Å². The van der Waals surface area contributed by atoms with Gasteiger partial charge in [0.1, 0.15) is 0 Å². The molecule has 3 heterocycles. The van der Waals surface area contributed by atoms with Crippen molar-refractivity contribution in [3.63, 3.8) is 0 Å². The smallest absolute Gasteiger partial charge is 0.253 e. The number of thioether (sulfide) groups is 1. The molecule has 23 heavy (non-hydrogen) atoms. The molecular weight excluding hydrogens is 310 g/mol. The van der Waals surface area contributed by atoms with Crippen molar-refractivity contribution in [1.82, 2.24) is 19.6 Å². The van der Waals surface area contributed by atoms with Gasteiger partial charge in [0.05, 0.1) is 5.75 Å². The van der Waals surface area contributed by atoms with Crippen LogP contribution in [0.25, 0.3) is 5.78 Å². The van der Waals surface area contributed by atoms with Crippen LogP contribution in [0.2, 0.25) is 0 Å². The molecule has 0 N–H and O–H groups in total. The van der Waals surface area contributed by atoms with Crippen LogP contribution in [0.5, 0.6) is 0 Å². The molecule has 0 spiro atoms. The summed E-state index contributed by atoms with van der Waals surface area (Å²) in [4.78, 5) is 23.0. The van der Waals surface area contributed by atoms with Crippen LogP contribution in [0.3, 0.4) is 0 Å². The van der Waals surface area contributed by atoms with Gasteiger partial charge in [-0.3, -0.25) is 4.79 Å². The molecule has 1 atom stereocenters. The number of carbonyl (C=O) groups excluding carboxylic acids is 1. The Labute approximate surface area is 137 Å². The van der Waals surface area contributed by atoms with Gasteiger partial charge in [0.25, 0.3) is 5.78 Å². The van der Waals surface area contributed by atoms with Gasteiger partial charge in [0, 0.05) is 24.1 Å². The molecule has 1 aromatic carbocycles. The Morgan fingerprint density at radius 2 is 2.22 bits per heavy atom. The summed E-state index contributed by atoms with van der Waals surface area (Å²) >= 11 is 1.34. The fourth-order valence-electron chi connectivity index (χ4n) is 2.92. The molecule has 0 aliphatic carbocycles. The lowest BCUT2D eigenvalue weighted by Gasteiger charge is -2.22. The number of carbonyl (C=O) groups is 1. The molecule has 2 aromatic heterocycles. The van der Waals surface area contributed by atoms with Gasteiger partial charge in [0.2, 0.25) is 11.1 Å². The lowest BCUT2D eigenvalue weighted by molar-refractivity contribution is -0.116. The van der Waals surface area contributed by atoms with Gasteiger partial charge in [-0.25, -0.2) is 9.50 Å². The van der Waals surface area contributed by atoms with E-state index >= 15 is 0 Å². The van der Waals surface area contributed by atoms with Crippen LogP contribution >= 0.6 is 11.8 Å². The van der Waals surface area contributed by atoms with Gasteiger partial charge in [-0.2, -0.15) is 4.98 Å². The summed E-state index contributed by atoms with van der Waals surface area (Å²) in [5.74, 6) is 0.942. The topological polar surface area (TPSA) is 63.4 Å². The number of hydrogen-bond acceptors (Lipinski definition) is 5. The maximum absolute atomic E-state index is 12.6. The third-order valence-electron chi connectivity index (χ3n) is 3.90. The predicted molar refractivity (Wildman–Crippen MR) is 88.6 cm³/mol. The first-order chi connectivity index (χ1) is 11.2. The Morgan fingerprint density at radius 1 is 1.35 bits per heavy atom. The second kappa shape index (κ2) is 5.66. The number of rotatable bonds is 3. The zero-order valence-corrected chi connectivity index (χ0v) is 13.4. The molecule has 1 aliphatic heterocycles. The van der Waals surface area contributed by atoms with Crippen LogP contribution < -0.4 is 4.90 Å². The van der Waals surface area contributed by atoms with Crippen LogP contribution in [0.4, 0.5) is 5.69 Å². The number of amides is 1. The summed E-state index contributed by atoms with van der Waals surface area (Å²) in [6.45, 7) is 2.08. The van der Waals surface area contributed by atoms with Crippen molar-refractivity contribution in [3.05, 3.63) is 48.3 Å².